The number of H-pyrrole nitrogens is 1. The summed E-state index contributed by atoms with van der Waals surface area (Å²) in [4.78, 5) is 26.9. The predicted octanol–water partition coefficient (Wildman–Crippen LogP) is 0.385. The van der Waals surface area contributed by atoms with Crippen LogP contribution in [0.2, 0.25) is 0 Å². The number of aromatic amines is 1. The van der Waals surface area contributed by atoms with Crippen molar-refractivity contribution in [1.82, 2.24) is 9.88 Å². The summed E-state index contributed by atoms with van der Waals surface area (Å²) in [5.41, 5.74) is 0.686. The summed E-state index contributed by atoms with van der Waals surface area (Å²) in [6, 6.07) is 1.41. The summed E-state index contributed by atoms with van der Waals surface area (Å²) in [5.74, 6) is -0.277. The Morgan fingerprint density at radius 3 is 2.54 bits per heavy atom. The molecule has 0 bridgehead atoms. The fraction of sp³-hybridized carbons (Fsp3) is 0.333. The number of rotatable bonds is 1. The molecule has 0 spiro atoms. The lowest BCUT2D eigenvalue weighted by molar-refractivity contribution is 0.0826. The Kier molecular flexibility index (Phi) is 2.51. The molecule has 0 aliphatic rings. The van der Waals surface area contributed by atoms with Gasteiger partial charge in [0.25, 0.3) is 5.91 Å². The van der Waals surface area contributed by atoms with E-state index in [9.17, 15) is 9.59 Å². The topological polar surface area (TPSA) is 53.2 Å². The molecular formula is C9H12N2O2. The molecule has 1 aromatic rings. The normalized spacial score (nSPS) is 9.77. The number of carbonyl (C=O) groups is 1. The van der Waals surface area contributed by atoms with E-state index < -0.39 is 0 Å². The highest BCUT2D eigenvalue weighted by atomic mass is 16.2. The van der Waals surface area contributed by atoms with Crippen LogP contribution in [0, 0.1) is 6.92 Å². The number of hydrogen-bond acceptors (Lipinski definition) is 2. The molecule has 0 saturated carbocycles. The van der Waals surface area contributed by atoms with Gasteiger partial charge in [-0.3, -0.25) is 9.59 Å². The number of nitrogens with one attached hydrogen (secondary N) is 1. The van der Waals surface area contributed by atoms with Crippen LogP contribution in [-0.4, -0.2) is 29.9 Å². The van der Waals surface area contributed by atoms with Crippen LogP contribution in [0.4, 0.5) is 0 Å². The van der Waals surface area contributed by atoms with Crippen LogP contribution < -0.4 is 5.43 Å². The Balaban J connectivity index is 3.17. The third-order valence-electron chi connectivity index (χ3n) is 1.69. The molecule has 0 unspecified atom stereocenters. The van der Waals surface area contributed by atoms with E-state index in [1.807, 2.05) is 0 Å². The molecule has 0 radical (unpaired) electrons. The highest BCUT2D eigenvalue weighted by molar-refractivity contribution is 5.93. The van der Waals surface area contributed by atoms with Crippen LogP contribution in [0.15, 0.2) is 17.1 Å². The van der Waals surface area contributed by atoms with E-state index in [0.717, 1.165) is 5.69 Å². The summed E-state index contributed by atoms with van der Waals surface area (Å²) in [7, 11) is 3.23. The average molecular weight is 180 g/mol. The first-order chi connectivity index (χ1) is 6.02. The SMILES string of the molecule is Cc1cc(=O)c(C(=O)N(C)C)c[nH]1. The maximum Gasteiger partial charge on any atom is 0.258 e. The molecule has 0 fully saturated rings. The molecular weight excluding hydrogens is 168 g/mol. The second kappa shape index (κ2) is 3.43. The zero-order valence-electron chi connectivity index (χ0n) is 7.92. The van der Waals surface area contributed by atoms with Crippen LogP contribution in [0.25, 0.3) is 0 Å². The summed E-state index contributed by atoms with van der Waals surface area (Å²) >= 11 is 0. The number of carbonyl (C=O) groups excluding carboxylic acids is 1. The Bertz CT molecular complexity index is 379. The van der Waals surface area contributed by atoms with Crippen LogP contribution in [0.3, 0.4) is 0 Å². The lowest BCUT2D eigenvalue weighted by Crippen LogP contribution is -2.27. The number of amides is 1. The first kappa shape index (κ1) is 9.51. The highest BCUT2D eigenvalue weighted by Crippen LogP contribution is 1.95. The number of pyridine rings is 1. The minimum Gasteiger partial charge on any atom is -0.364 e. The molecule has 1 N–H and O–H groups in total. The van der Waals surface area contributed by atoms with Crippen molar-refractivity contribution in [1.29, 1.82) is 0 Å². The van der Waals surface area contributed by atoms with E-state index in [-0.39, 0.29) is 16.9 Å². The Labute approximate surface area is 76.2 Å². The molecule has 1 heterocycles. The number of aromatic nitrogens is 1. The maximum absolute atomic E-state index is 11.4. The molecule has 0 atom stereocenters. The molecule has 1 amide bonds. The van der Waals surface area contributed by atoms with E-state index in [0.29, 0.717) is 0 Å². The van der Waals surface area contributed by atoms with Crippen molar-refractivity contribution >= 4 is 5.91 Å². The number of aryl methyl sites for hydroxylation is 1. The lowest BCUT2D eigenvalue weighted by Gasteiger charge is -2.08. The van der Waals surface area contributed by atoms with Gasteiger partial charge in [0.2, 0.25) is 0 Å². The molecule has 0 aliphatic carbocycles. The molecule has 70 valence electrons. The predicted molar refractivity (Wildman–Crippen MR) is 49.8 cm³/mol. The van der Waals surface area contributed by atoms with Crippen LogP contribution in [0.5, 0.6) is 0 Å². The van der Waals surface area contributed by atoms with Gasteiger partial charge in [-0.15, -0.1) is 0 Å². The van der Waals surface area contributed by atoms with Crippen LogP contribution in [0.1, 0.15) is 16.1 Å². The summed E-state index contributed by atoms with van der Waals surface area (Å²) in [6.07, 6.45) is 1.44. The smallest absolute Gasteiger partial charge is 0.258 e. The van der Waals surface area contributed by atoms with E-state index in [1.54, 1.807) is 21.0 Å². The van der Waals surface area contributed by atoms with Gasteiger partial charge in [0.05, 0.1) is 0 Å². The zero-order chi connectivity index (χ0) is 10.0. The van der Waals surface area contributed by atoms with Crippen molar-refractivity contribution in [2.75, 3.05) is 14.1 Å². The second-order valence-electron chi connectivity index (χ2n) is 3.09. The molecule has 4 nitrogen and oxygen atoms in total. The van der Waals surface area contributed by atoms with Crippen molar-refractivity contribution in [2.24, 2.45) is 0 Å². The summed E-state index contributed by atoms with van der Waals surface area (Å²) in [5, 5.41) is 0. The first-order valence-electron chi connectivity index (χ1n) is 3.93. The third kappa shape index (κ3) is 1.96. The minimum atomic E-state index is -0.277. The molecule has 1 rings (SSSR count). The van der Waals surface area contributed by atoms with Gasteiger partial charge in [-0.05, 0) is 6.92 Å². The van der Waals surface area contributed by atoms with Crippen molar-refractivity contribution in [3.63, 3.8) is 0 Å². The van der Waals surface area contributed by atoms with Gasteiger partial charge in [-0.25, -0.2) is 0 Å². The third-order valence-corrected chi connectivity index (χ3v) is 1.69. The van der Waals surface area contributed by atoms with Crippen molar-refractivity contribution < 1.29 is 4.79 Å². The van der Waals surface area contributed by atoms with E-state index in [2.05, 4.69) is 4.98 Å². The molecule has 4 heteroatoms. The maximum atomic E-state index is 11.4. The van der Waals surface area contributed by atoms with Gasteiger partial charge in [0, 0.05) is 32.1 Å². The van der Waals surface area contributed by atoms with Gasteiger partial charge < -0.3 is 9.88 Å². The minimum absolute atomic E-state index is 0.176. The van der Waals surface area contributed by atoms with E-state index in [4.69, 9.17) is 0 Å². The van der Waals surface area contributed by atoms with E-state index in [1.165, 1.54) is 17.2 Å². The average Bonchev–Trinajstić information content (AvgIpc) is 2.03. The van der Waals surface area contributed by atoms with Gasteiger partial charge in [-0.1, -0.05) is 0 Å². The van der Waals surface area contributed by atoms with Crippen LogP contribution >= 0.6 is 0 Å². The van der Waals surface area contributed by atoms with Gasteiger partial charge >= 0.3 is 0 Å². The molecule has 13 heavy (non-hydrogen) atoms. The van der Waals surface area contributed by atoms with Crippen molar-refractivity contribution in [3.8, 4) is 0 Å². The van der Waals surface area contributed by atoms with E-state index >= 15 is 0 Å². The number of nitrogens with zero attached hydrogens (tertiary/aromatic N) is 1. The lowest BCUT2D eigenvalue weighted by atomic mass is 10.2. The first-order valence-corrected chi connectivity index (χ1v) is 3.93. The standard InChI is InChI=1S/C9H12N2O2/c1-6-4-8(12)7(5-10-6)9(13)11(2)3/h4-5H,1-3H3,(H,10,12). The summed E-state index contributed by atoms with van der Waals surface area (Å²) < 4.78 is 0. The van der Waals surface area contributed by atoms with Gasteiger partial charge in [0.15, 0.2) is 5.43 Å². The Hall–Kier alpha value is -1.58. The highest BCUT2D eigenvalue weighted by Gasteiger charge is 2.11. The fourth-order valence-corrected chi connectivity index (χ4v) is 0.981. The van der Waals surface area contributed by atoms with Gasteiger partial charge in [-0.2, -0.15) is 0 Å². The summed E-state index contributed by atoms with van der Waals surface area (Å²) in [6.45, 7) is 1.77. The second-order valence-corrected chi connectivity index (χ2v) is 3.09. The Morgan fingerprint density at radius 1 is 1.46 bits per heavy atom. The number of hydrogen-bond donors (Lipinski definition) is 1. The fourth-order valence-electron chi connectivity index (χ4n) is 0.981. The quantitative estimate of drug-likeness (QED) is 0.679. The monoisotopic (exact) mass is 180 g/mol. The van der Waals surface area contributed by atoms with Crippen LogP contribution in [-0.2, 0) is 0 Å². The van der Waals surface area contributed by atoms with Crippen molar-refractivity contribution in [3.05, 3.63) is 33.7 Å². The molecule has 1 aromatic heterocycles. The Morgan fingerprint density at radius 2 is 2.08 bits per heavy atom. The largest absolute Gasteiger partial charge is 0.364 e. The molecule has 0 aliphatic heterocycles. The van der Waals surface area contributed by atoms with Gasteiger partial charge in [0.1, 0.15) is 5.56 Å². The molecule has 0 saturated heterocycles. The zero-order valence-corrected chi connectivity index (χ0v) is 7.92. The van der Waals surface area contributed by atoms with Crippen molar-refractivity contribution in [2.45, 2.75) is 6.92 Å². The molecule has 0 aromatic carbocycles.